The van der Waals surface area contributed by atoms with Crippen LogP contribution in [0.4, 0.5) is 0 Å². The van der Waals surface area contributed by atoms with Gasteiger partial charge in [0.25, 0.3) is 0 Å². The van der Waals surface area contributed by atoms with Crippen LogP contribution in [0.5, 0.6) is 34.5 Å². The van der Waals surface area contributed by atoms with E-state index < -0.39 is 15.8 Å². The van der Waals surface area contributed by atoms with Gasteiger partial charge in [-0.3, -0.25) is 0 Å². The molecule has 322 valence electrons. The molecule has 12 heteroatoms. The summed E-state index contributed by atoms with van der Waals surface area (Å²) < 4.78 is 31.3. The van der Waals surface area contributed by atoms with Gasteiger partial charge in [-0.1, -0.05) is 133 Å². The predicted octanol–water partition coefficient (Wildman–Crippen LogP) is 9.68. The summed E-state index contributed by atoms with van der Waals surface area (Å²) in [6.45, 7) is 0.271. The Morgan fingerprint density at radius 2 is 0.688 bits per heavy atom. The van der Waals surface area contributed by atoms with Crippen LogP contribution in [0.2, 0.25) is 0 Å². The quantitative estimate of drug-likeness (QED) is 0.0985. The van der Waals surface area contributed by atoms with E-state index in [1.807, 2.05) is 72.8 Å². The topological polar surface area (TPSA) is 98.2 Å². The first-order valence-corrected chi connectivity index (χ1v) is 28.0. The summed E-state index contributed by atoms with van der Waals surface area (Å²) in [5.41, 5.74) is 14.4. The maximum atomic E-state index is 7.22. The van der Waals surface area contributed by atoms with Crippen LogP contribution in [0, 0.1) is 0 Å². The van der Waals surface area contributed by atoms with Crippen LogP contribution in [-0.2, 0) is 15.1 Å². The third-order valence-electron chi connectivity index (χ3n) is 10.7. The first-order chi connectivity index (χ1) is 31.6. The first kappa shape index (κ1) is 45.3. The minimum atomic E-state index is -1.52. The second-order valence-corrected chi connectivity index (χ2v) is 22.1. The number of hydrogen-bond acceptors (Lipinski definition) is 7. The SMILES string of the molecule is NC(c1ccccc1)C(N)c1ccccc1.[Cl][Ru+2][Cl].c1ccc([PH+](c2ccccc2)c2ccc3c(c2Oc2c([PH+](c4ccccc4)c4ccccc4)ccc4c2OCO4)OCO3)cc1. The molecule has 2 heterocycles. The Bertz CT molecular complexity index is 2430. The number of benzene rings is 8. The summed E-state index contributed by atoms with van der Waals surface area (Å²) in [4.78, 5) is 0. The molecular formula is C52H46Cl2N2O5P2Ru+4. The summed E-state index contributed by atoms with van der Waals surface area (Å²) in [5.74, 6) is 3.85. The molecule has 0 spiro atoms. The maximum Gasteiger partial charge on any atom is 0.231 e. The number of hydrogen-bond donors (Lipinski definition) is 2. The second-order valence-electron chi connectivity index (χ2n) is 14.6. The van der Waals surface area contributed by atoms with Crippen molar-refractivity contribution in [2.24, 2.45) is 11.5 Å². The molecule has 0 aromatic heterocycles. The second kappa shape index (κ2) is 22.6. The zero-order valence-corrected chi connectivity index (χ0v) is 39.8. The molecule has 64 heavy (non-hydrogen) atoms. The molecule has 2 atom stereocenters. The van der Waals surface area contributed by atoms with Crippen molar-refractivity contribution in [3.8, 4) is 34.5 Å². The van der Waals surface area contributed by atoms with E-state index in [-0.39, 0.29) is 40.8 Å². The fraction of sp³-hybridized carbons (Fsp3) is 0.0769. The molecule has 0 saturated heterocycles. The van der Waals surface area contributed by atoms with E-state index in [1.165, 1.54) is 21.2 Å². The fourth-order valence-electron chi connectivity index (χ4n) is 7.73. The van der Waals surface area contributed by atoms with E-state index in [2.05, 4.69) is 133 Å². The van der Waals surface area contributed by atoms with Crippen LogP contribution in [-0.4, -0.2) is 13.6 Å². The Labute approximate surface area is 392 Å². The summed E-state index contributed by atoms with van der Waals surface area (Å²) in [6.07, 6.45) is 0. The molecule has 0 amide bonds. The zero-order chi connectivity index (χ0) is 44.1. The molecule has 2 aliphatic rings. The van der Waals surface area contributed by atoms with Gasteiger partial charge in [0.2, 0.25) is 36.6 Å². The van der Waals surface area contributed by atoms with Gasteiger partial charge in [-0.2, -0.15) is 0 Å². The number of ether oxygens (including phenoxy) is 5. The van der Waals surface area contributed by atoms with Crippen molar-refractivity contribution in [2.75, 3.05) is 13.6 Å². The average Bonchev–Trinajstić information content (AvgIpc) is 4.06. The van der Waals surface area contributed by atoms with Crippen molar-refractivity contribution >= 4 is 67.1 Å². The molecule has 10 rings (SSSR count). The fourth-order valence-corrected chi connectivity index (χ4v) is 13.0. The molecule has 0 fully saturated rings. The molecule has 0 bridgehead atoms. The Morgan fingerprint density at radius 1 is 0.406 bits per heavy atom. The standard InChI is InChI=1S/C38H28O5P2.C14H16N2.2ClH.Ru/c1-5-13-27(14-6-1)44(28-15-7-2-8-16-28)33-23-21-31-35(41-25-39-31)37(33)43-38-34(24-22-32-36(38)42-26-40-32)45(29-17-9-3-10-18-29)30-19-11-4-12-20-30;15-13(11-7-3-1-4-8-11)14(16)12-9-5-2-6-10-12;;;/h1-24H,25-26H2;1-10,13-14H,15-16H2;2*1H;/q;;;;+4. The molecule has 0 saturated carbocycles. The van der Waals surface area contributed by atoms with Gasteiger partial charge in [-0.15, -0.1) is 0 Å². The molecule has 4 N–H and O–H groups in total. The van der Waals surface area contributed by atoms with Crippen LogP contribution in [0.1, 0.15) is 23.2 Å². The Morgan fingerprint density at radius 3 is 0.984 bits per heavy atom. The van der Waals surface area contributed by atoms with Crippen LogP contribution >= 0.6 is 35.2 Å². The minimum Gasteiger partial charge on any atom is -0.453 e. The molecule has 2 aliphatic heterocycles. The summed E-state index contributed by atoms with van der Waals surface area (Å²) in [7, 11) is 6.67. The minimum absolute atomic E-state index is 0.135. The number of fused-ring (bicyclic) bond motifs is 2. The van der Waals surface area contributed by atoms with Gasteiger partial charge in [-0.05, 0) is 83.9 Å². The summed E-state index contributed by atoms with van der Waals surface area (Å²) >= 11 is -0.346. The molecule has 8 aromatic rings. The van der Waals surface area contributed by atoms with E-state index in [0.717, 1.165) is 21.7 Å². The van der Waals surface area contributed by atoms with E-state index in [9.17, 15) is 0 Å². The van der Waals surface area contributed by atoms with Crippen molar-refractivity contribution in [1.29, 1.82) is 0 Å². The molecule has 0 radical (unpaired) electrons. The van der Waals surface area contributed by atoms with Gasteiger partial charge in [0.15, 0.2) is 11.5 Å². The monoisotopic (exact) mass is 1010 g/mol. The summed E-state index contributed by atoms with van der Waals surface area (Å²) in [5, 5.41) is 7.11. The van der Waals surface area contributed by atoms with E-state index >= 15 is 0 Å². The van der Waals surface area contributed by atoms with E-state index in [1.54, 1.807) is 0 Å². The average molecular weight is 1010 g/mol. The zero-order valence-electron chi connectivity index (χ0n) is 34.5. The predicted molar refractivity (Wildman–Crippen MR) is 264 cm³/mol. The normalized spacial score (nSPS) is 13.0. The van der Waals surface area contributed by atoms with Gasteiger partial charge in [-0.25, -0.2) is 0 Å². The van der Waals surface area contributed by atoms with E-state index in [0.29, 0.717) is 34.5 Å². The van der Waals surface area contributed by atoms with E-state index in [4.69, 9.17) is 54.5 Å². The first-order valence-electron chi connectivity index (χ1n) is 20.5. The smallest absolute Gasteiger partial charge is 0.231 e. The van der Waals surface area contributed by atoms with Crippen LogP contribution < -0.4 is 67.0 Å². The Balaban J connectivity index is 0.000000246. The molecule has 7 nitrogen and oxygen atoms in total. The third-order valence-corrected chi connectivity index (χ3v) is 16.2. The molecule has 0 aliphatic carbocycles. The molecule has 8 aromatic carbocycles. The largest absolute Gasteiger partial charge is 0.453 e. The van der Waals surface area contributed by atoms with Gasteiger partial charge in [0, 0.05) is 12.1 Å². The molecular weight excluding hydrogens is 967 g/mol. The van der Waals surface area contributed by atoms with Crippen molar-refractivity contribution in [3.63, 3.8) is 0 Å². The van der Waals surface area contributed by atoms with Crippen molar-refractivity contribution in [2.45, 2.75) is 12.1 Å². The van der Waals surface area contributed by atoms with Crippen LogP contribution in [0.25, 0.3) is 0 Å². The summed E-state index contributed by atoms with van der Waals surface area (Å²) in [6, 6.07) is 70.4. The number of nitrogens with two attached hydrogens (primary N) is 2. The van der Waals surface area contributed by atoms with Gasteiger partial charge in [0.1, 0.15) is 47.7 Å². The molecule has 2 unspecified atom stereocenters. The van der Waals surface area contributed by atoms with Crippen LogP contribution in [0.15, 0.2) is 206 Å². The number of halogens is 2. The Hall–Kier alpha value is -5.26. The van der Waals surface area contributed by atoms with Gasteiger partial charge < -0.3 is 35.2 Å². The van der Waals surface area contributed by atoms with Crippen molar-refractivity contribution in [1.82, 2.24) is 0 Å². The van der Waals surface area contributed by atoms with Gasteiger partial charge in [0.05, 0.1) is 0 Å². The van der Waals surface area contributed by atoms with Crippen molar-refractivity contribution in [3.05, 3.63) is 217 Å². The van der Waals surface area contributed by atoms with Crippen LogP contribution in [0.3, 0.4) is 0 Å². The maximum absolute atomic E-state index is 7.22. The Kier molecular flexibility index (Phi) is 16.0. The third kappa shape index (κ3) is 10.6. The van der Waals surface area contributed by atoms with Crippen molar-refractivity contribution < 1.29 is 38.8 Å². The van der Waals surface area contributed by atoms with Gasteiger partial charge >= 0.3 is 34.5 Å². The number of rotatable bonds is 11.